The third-order valence-corrected chi connectivity index (χ3v) is 2.54. The van der Waals surface area contributed by atoms with Gasteiger partial charge in [0.25, 0.3) is 5.56 Å². The monoisotopic (exact) mass is 234 g/mol. The first-order valence-electron chi connectivity index (χ1n) is 3.51. The van der Waals surface area contributed by atoms with Crippen LogP contribution >= 0.6 is 23.7 Å². The summed E-state index contributed by atoms with van der Waals surface area (Å²) in [4.78, 5) is 29.9. The van der Waals surface area contributed by atoms with Crippen LogP contribution in [-0.4, -0.2) is 16.8 Å². The first-order valence-corrected chi connectivity index (χ1v) is 4.39. The second-order valence-electron chi connectivity index (χ2n) is 2.38. The topological polar surface area (TPSA) is 64.1 Å². The summed E-state index contributed by atoms with van der Waals surface area (Å²) < 4.78 is 1.06. The number of aromatic nitrogens is 2. The molecule has 76 valence electrons. The minimum Gasteiger partial charge on any atom is -0.411 e. The summed E-state index contributed by atoms with van der Waals surface area (Å²) in [5.74, 6) is 0. The maximum absolute atomic E-state index is 11.2. The van der Waals surface area contributed by atoms with E-state index >= 15 is 0 Å². The Kier molecular flexibility index (Phi) is 2.97. The van der Waals surface area contributed by atoms with E-state index in [2.05, 4.69) is 4.98 Å². The van der Waals surface area contributed by atoms with E-state index in [4.69, 9.17) is 4.84 Å². The average molecular weight is 235 g/mol. The van der Waals surface area contributed by atoms with Crippen LogP contribution in [0.3, 0.4) is 0 Å². The van der Waals surface area contributed by atoms with Gasteiger partial charge in [-0.2, -0.15) is 0 Å². The van der Waals surface area contributed by atoms with E-state index in [-0.39, 0.29) is 18.0 Å². The SMILES string of the molecule is COn1c(=O)[nH]c(=O)c2ccsc21.Cl. The molecular weight excluding hydrogens is 228 g/mol. The molecule has 5 nitrogen and oxygen atoms in total. The predicted octanol–water partition coefficient (Wildman–Crippen LogP) is 0.232. The van der Waals surface area contributed by atoms with E-state index < -0.39 is 5.69 Å². The quantitative estimate of drug-likeness (QED) is 0.768. The standard InChI is InChI=1S/C7H6N2O3S.ClH/c1-12-9-6-4(2-3-13-6)5(10)8-7(9)11;/h2-3H,1H3,(H,8,10,11);1H. The summed E-state index contributed by atoms with van der Waals surface area (Å²) in [6.45, 7) is 0. The van der Waals surface area contributed by atoms with Crippen LogP contribution < -0.4 is 16.1 Å². The largest absolute Gasteiger partial charge is 0.411 e. The number of H-pyrrole nitrogens is 1. The lowest BCUT2D eigenvalue weighted by Crippen LogP contribution is -2.32. The van der Waals surface area contributed by atoms with Gasteiger partial charge in [0.2, 0.25) is 0 Å². The van der Waals surface area contributed by atoms with Crippen molar-refractivity contribution in [3.05, 3.63) is 32.3 Å². The Morgan fingerprint density at radius 3 is 2.86 bits per heavy atom. The number of hydrogen-bond donors (Lipinski definition) is 1. The highest BCUT2D eigenvalue weighted by Crippen LogP contribution is 2.13. The molecule has 0 amide bonds. The lowest BCUT2D eigenvalue weighted by Gasteiger charge is -2.01. The highest BCUT2D eigenvalue weighted by molar-refractivity contribution is 7.16. The van der Waals surface area contributed by atoms with Gasteiger partial charge in [0.15, 0.2) is 4.83 Å². The molecule has 14 heavy (non-hydrogen) atoms. The van der Waals surface area contributed by atoms with Crippen molar-refractivity contribution in [2.45, 2.75) is 0 Å². The number of halogens is 1. The third-order valence-electron chi connectivity index (χ3n) is 1.66. The molecule has 0 unspecified atom stereocenters. The summed E-state index contributed by atoms with van der Waals surface area (Å²) >= 11 is 1.28. The van der Waals surface area contributed by atoms with Crippen LogP contribution in [0.15, 0.2) is 21.0 Å². The second-order valence-corrected chi connectivity index (χ2v) is 3.27. The fourth-order valence-electron chi connectivity index (χ4n) is 1.10. The summed E-state index contributed by atoms with van der Waals surface area (Å²) in [5.41, 5.74) is -0.933. The molecule has 0 atom stereocenters. The minimum absolute atomic E-state index is 0. The van der Waals surface area contributed by atoms with E-state index in [9.17, 15) is 9.59 Å². The summed E-state index contributed by atoms with van der Waals surface area (Å²) in [6, 6.07) is 1.65. The molecule has 0 radical (unpaired) electrons. The van der Waals surface area contributed by atoms with Crippen molar-refractivity contribution < 1.29 is 4.84 Å². The number of thiophene rings is 1. The molecule has 0 aliphatic carbocycles. The first-order chi connectivity index (χ1) is 6.24. The summed E-state index contributed by atoms with van der Waals surface area (Å²) in [5, 5.41) is 2.20. The Balaban J connectivity index is 0.000000980. The van der Waals surface area contributed by atoms with Crippen LogP contribution in [0, 0.1) is 0 Å². The first kappa shape index (κ1) is 10.8. The molecule has 0 aromatic carbocycles. The Hall–Kier alpha value is -1.27. The van der Waals surface area contributed by atoms with Crippen LogP contribution in [0.25, 0.3) is 10.2 Å². The van der Waals surface area contributed by atoms with Crippen LogP contribution in [0.4, 0.5) is 0 Å². The van der Waals surface area contributed by atoms with Crippen molar-refractivity contribution in [2.75, 3.05) is 7.11 Å². The molecule has 0 saturated heterocycles. The van der Waals surface area contributed by atoms with Gasteiger partial charge >= 0.3 is 5.69 Å². The minimum atomic E-state index is -0.553. The number of nitrogens with zero attached hydrogens (tertiary/aromatic N) is 1. The van der Waals surface area contributed by atoms with Crippen molar-refractivity contribution in [3.8, 4) is 0 Å². The molecule has 2 rings (SSSR count). The van der Waals surface area contributed by atoms with Gasteiger partial charge in [0, 0.05) is 0 Å². The molecule has 0 bridgehead atoms. The lowest BCUT2D eigenvalue weighted by atomic mass is 10.4. The fourth-order valence-corrected chi connectivity index (χ4v) is 1.98. The third kappa shape index (κ3) is 1.42. The van der Waals surface area contributed by atoms with Gasteiger partial charge in [-0.15, -0.1) is 28.5 Å². The van der Waals surface area contributed by atoms with Gasteiger partial charge in [0.05, 0.1) is 5.39 Å². The fraction of sp³-hybridized carbons (Fsp3) is 0.143. The highest BCUT2D eigenvalue weighted by atomic mass is 35.5. The number of aromatic amines is 1. The molecule has 0 saturated carbocycles. The Morgan fingerprint density at radius 1 is 1.50 bits per heavy atom. The van der Waals surface area contributed by atoms with Crippen LogP contribution in [0.1, 0.15) is 0 Å². The average Bonchev–Trinajstić information content (AvgIpc) is 2.53. The van der Waals surface area contributed by atoms with Crippen molar-refractivity contribution in [1.82, 2.24) is 9.71 Å². The van der Waals surface area contributed by atoms with E-state index in [1.165, 1.54) is 18.4 Å². The van der Waals surface area contributed by atoms with Crippen LogP contribution in [0.2, 0.25) is 0 Å². The summed E-state index contributed by atoms with van der Waals surface area (Å²) in [6.07, 6.45) is 0. The maximum Gasteiger partial charge on any atom is 0.362 e. The predicted molar refractivity (Wildman–Crippen MR) is 56.5 cm³/mol. The second kappa shape index (κ2) is 3.85. The maximum atomic E-state index is 11.2. The zero-order chi connectivity index (χ0) is 9.42. The van der Waals surface area contributed by atoms with E-state index in [1.54, 1.807) is 11.4 Å². The van der Waals surface area contributed by atoms with E-state index in [0.29, 0.717) is 10.2 Å². The van der Waals surface area contributed by atoms with Gasteiger partial charge in [-0.3, -0.25) is 9.78 Å². The number of fused-ring (bicyclic) bond motifs is 1. The Bertz CT molecular complexity index is 556. The van der Waals surface area contributed by atoms with Gasteiger partial charge in [-0.05, 0) is 11.4 Å². The normalized spacial score (nSPS) is 9.79. The van der Waals surface area contributed by atoms with Crippen LogP contribution in [0.5, 0.6) is 0 Å². The van der Waals surface area contributed by atoms with Crippen molar-refractivity contribution in [3.63, 3.8) is 0 Å². The Morgan fingerprint density at radius 2 is 2.21 bits per heavy atom. The van der Waals surface area contributed by atoms with Gasteiger partial charge in [0.1, 0.15) is 7.11 Å². The van der Waals surface area contributed by atoms with E-state index in [0.717, 1.165) is 4.73 Å². The zero-order valence-corrected chi connectivity index (χ0v) is 8.78. The van der Waals surface area contributed by atoms with Gasteiger partial charge < -0.3 is 4.84 Å². The number of rotatable bonds is 1. The molecule has 0 aliphatic heterocycles. The lowest BCUT2D eigenvalue weighted by molar-refractivity contribution is 0.166. The molecule has 1 N–H and O–H groups in total. The smallest absolute Gasteiger partial charge is 0.362 e. The van der Waals surface area contributed by atoms with Crippen molar-refractivity contribution >= 4 is 34.0 Å². The highest BCUT2D eigenvalue weighted by Gasteiger charge is 2.07. The van der Waals surface area contributed by atoms with Gasteiger partial charge in [-0.1, -0.05) is 0 Å². The molecule has 2 aromatic heterocycles. The molecule has 0 aliphatic rings. The number of nitrogens with one attached hydrogen (secondary N) is 1. The van der Waals surface area contributed by atoms with Gasteiger partial charge in [-0.25, -0.2) is 4.79 Å². The Labute approximate surface area is 88.3 Å². The van der Waals surface area contributed by atoms with Crippen molar-refractivity contribution in [2.24, 2.45) is 0 Å². The molecule has 0 spiro atoms. The molecule has 2 aromatic rings. The van der Waals surface area contributed by atoms with Crippen molar-refractivity contribution in [1.29, 1.82) is 0 Å². The molecular formula is C7H7ClN2O3S. The van der Waals surface area contributed by atoms with Crippen LogP contribution in [-0.2, 0) is 0 Å². The zero-order valence-electron chi connectivity index (χ0n) is 7.14. The van der Waals surface area contributed by atoms with E-state index in [1.807, 2.05) is 0 Å². The molecule has 7 heteroatoms. The number of hydrogen-bond acceptors (Lipinski definition) is 4. The molecule has 2 heterocycles. The molecule has 0 fully saturated rings. The summed E-state index contributed by atoms with van der Waals surface area (Å²) in [7, 11) is 1.37.